The average Bonchev–Trinajstić information content (AvgIpc) is 3.50. The van der Waals surface area contributed by atoms with E-state index in [1.165, 1.54) is 141 Å². The monoisotopic (exact) mass is 1150 g/mol. The highest BCUT2D eigenvalue weighted by atomic mass is 16.6. The molecule has 1 unspecified atom stereocenters. The van der Waals surface area contributed by atoms with Gasteiger partial charge in [-0.15, -0.1) is 0 Å². The zero-order chi connectivity index (χ0) is 59.9. The van der Waals surface area contributed by atoms with Gasteiger partial charge in [-0.3, -0.25) is 14.4 Å². The molecule has 0 amide bonds. The Morgan fingerprint density at radius 3 is 0.735 bits per heavy atom. The van der Waals surface area contributed by atoms with Gasteiger partial charge in [0.15, 0.2) is 6.10 Å². The molecular formula is C77H128O6. The predicted octanol–water partition coefficient (Wildman–Crippen LogP) is 24.1. The van der Waals surface area contributed by atoms with Gasteiger partial charge < -0.3 is 14.2 Å². The van der Waals surface area contributed by atoms with E-state index in [-0.39, 0.29) is 31.1 Å². The zero-order valence-corrected chi connectivity index (χ0v) is 54.2. The van der Waals surface area contributed by atoms with Gasteiger partial charge in [-0.25, -0.2) is 0 Å². The molecule has 83 heavy (non-hydrogen) atoms. The fourth-order valence-electron chi connectivity index (χ4n) is 9.43. The van der Waals surface area contributed by atoms with E-state index in [1.54, 1.807) is 0 Å². The van der Waals surface area contributed by atoms with Crippen LogP contribution in [0.4, 0.5) is 0 Å². The van der Waals surface area contributed by atoms with Crippen LogP contribution >= 0.6 is 0 Å². The summed E-state index contributed by atoms with van der Waals surface area (Å²) in [4.78, 5) is 38.5. The van der Waals surface area contributed by atoms with Crippen LogP contribution in [0.25, 0.3) is 0 Å². The number of esters is 3. The summed E-state index contributed by atoms with van der Waals surface area (Å²) in [6.45, 7) is 6.47. The molecule has 0 fully saturated rings. The Bertz CT molecular complexity index is 1750. The number of unbranched alkanes of at least 4 members (excludes halogenated alkanes) is 29. The van der Waals surface area contributed by atoms with Gasteiger partial charge in [0.2, 0.25) is 0 Å². The third-order valence-corrected chi connectivity index (χ3v) is 14.6. The first-order valence-corrected chi connectivity index (χ1v) is 34.7. The third kappa shape index (κ3) is 68.2. The zero-order valence-electron chi connectivity index (χ0n) is 54.2. The highest BCUT2D eigenvalue weighted by Crippen LogP contribution is 2.16. The van der Waals surface area contributed by atoms with E-state index < -0.39 is 6.10 Å². The Hall–Kier alpha value is -4.45. The second-order valence-corrected chi connectivity index (χ2v) is 22.7. The van der Waals surface area contributed by atoms with Gasteiger partial charge in [0, 0.05) is 19.3 Å². The molecule has 6 heteroatoms. The smallest absolute Gasteiger partial charge is 0.306 e. The maximum absolute atomic E-state index is 13.0. The van der Waals surface area contributed by atoms with Crippen LogP contribution in [0.15, 0.2) is 134 Å². The molecule has 0 bridgehead atoms. The summed E-state index contributed by atoms with van der Waals surface area (Å²) in [5.74, 6) is -0.913. The quantitative estimate of drug-likeness (QED) is 0.0261. The predicted molar refractivity (Wildman–Crippen MR) is 362 cm³/mol. The minimum atomic E-state index is -0.799. The number of ether oxygens (including phenoxy) is 3. The summed E-state index contributed by atoms with van der Waals surface area (Å²) in [5.41, 5.74) is 0. The first-order chi connectivity index (χ1) is 41.0. The molecule has 0 saturated carbocycles. The van der Waals surface area contributed by atoms with E-state index in [2.05, 4.69) is 154 Å². The van der Waals surface area contributed by atoms with Crippen molar-refractivity contribution in [2.75, 3.05) is 13.2 Å². The van der Waals surface area contributed by atoms with Crippen LogP contribution < -0.4 is 0 Å². The lowest BCUT2D eigenvalue weighted by atomic mass is 10.0. The summed E-state index contributed by atoms with van der Waals surface area (Å²) < 4.78 is 17.0. The standard InChI is InChI=1S/C77H128O6/c1-4-7-10-13-16-19-22-25-28-31-34-35-36-37-38-39-40-41-44-46-49-52-55-58-61-64-67-70-76(79)82-73-74(83-77(80)71-68-65-62-59-56-53-50-47-43-33-30-27-24-21-18-15-12-9-6-3)72-81-75(78)69-66-63-60-57-54-51-48-45-42-32-29-26-23-20-17-14-11-8-5-2/h7,10,16-21,25-30,34-35,37-38,42-43,45,47,74H,4-6,8-9,11-15,22-24,31-33,36,39-41,44,46,48-73H2,1-3H3/b10-7-,19-16-,20-17-,21-18-,28-25-,29-26-,30-27-,35-34-,38-37-,45-42-,47-43-. The number of hydrogen-bond donors (Lipinski definition) is 0. The van der Waals surface area contributed by atoms with Crippen LogP contribution in [0.2, 0.25) is 0 Å². The van der Waals surface area contributed by atoms with Crippen LogP contribution in [0, 0.1) is 0 Å². The van der Waals surface area contributed by atoms with Crippen molar-refractivity contribution in [1.29, 1.82) is 0 Å². The summed E-state index contributed by atoms with van der Waals surface area (Å²) in [7, 11) is 0. The molecule has 0 aliphatic rings. The van der Waals surface area contributed by atoms with Crippen LogP contribution in [-0.2, 0) is 28.6 Å². The van der Waals surface area contributed by atoms with Gasteiger partial charge in [0.05, 0.1) is 0 Å². The van der Waals surface area contributed by atoms with Crippen molar-refractivity contribution < 1.29 is 28.6 Å². The number of carbonyl (C=O) groups excluding carboxylic acids is 3. The molecule has 0 rings (SSSR count). The first kappa shape index (κ1) is 78.5. The van der Waals surface area contributed by atoms with Crippen LogP contribution in [0.1, 0.15) is 316 Å². The van der Waals surface area contributed by atoms with Gasteiger partial charge >= 0.3 is 17.9 Å². The topological polar surface area (TPSA) is 78.9 Å². The summed E-state index contributed by atoms with van der Waals surface area (Å²) >= 11 is 0. The van der Waals surface area contributed by atoms with E-state index in [0.717, 1.165) is 135 Å². The first-order valence-electron chi connectivity index (χ1n) is 34.7. The van der Waals surface area contributed by atoms with Gasteiger partial charge in [-0.1, -0.05) is 289 Å². The van der Waals surface area contributed by atoms with Crippen molar-refractivity contribution in [2.24, 2.45) is 0 Å². The normalized spacial score (nSPS) is 13.0. The Morgan fingerprint density at radius 1 is 0.253 bits per heavy atom. The fraction of sp³-hybridized carbons (Fsp3) is 0.675. The maximum Gasteiger partial charge on any atom is 0.306 e. The van der Waals surface area contributed by atoms with Gasteiger partial charge in [0.25, 0.3) is 0 Å². The number of carbonyl (C=O) groups is 3. The Morgan fingerprint density at radius 2 is 0.470 bits per heavy atom. The number of rotatable bonds is 62. The van der Waals surface area contributed by atoms with Crippen molar-refractivity contribution in [3.05, 3.63) is 134 Å². The molecule has 0 aromatic heterocycles. The molecule has 0 aliphatic heterocycles. The van der Waals surface area contributed by atoms with Crippen LogP contribution in [0.3, 0.4) is 0 Å². The van der Waals surface area contributed by atoms with Gasteiger partial charge in [0.1, 0.15) is 13.2 Å². The minimum Gasteiger partial charge on any atom is -0.462 e. The molecular weight excluding hydrogens is 1020 g/mol. The second kappa shape index (κ2) is 70.0. The van der Waals surface area contributed by atoms with Crippen molar-refractivity contribution in [3.63, 3.8) is 0 Å². The molecule has 0 saturated heterocycles. The largest absolute Gasteiger partial charge is 0.462 e. The number of hydrogen-bond acceptors (Lipinski definition) is 6. The highest BCUT2D eigenvalue weighted by molar-refractivity contribution is 5.71. The lowest BCUT2D eigenvalue weighted by Gasteiger charge is -2.18. The Balaban J connectivity index is 4.41. The average molecular weight is 1150 g/mol. The summed E-state index contributed by atoms with van der Waals surface area (Å²) in [6, 6.07) is 0. The minimum absolute atomic E-state index is 0.0920. The van der Waals surface area contributed by atoms with Crippen molar-refractivity contribution in [3.8, 4) is 0 Å². The molecule has 1 atom stereocenters. The van der Waals surface area contributed by atoms with E-state index in [4.69, 9.17) is 14.2 Å². The molecule has 0 radical (unpaired) electrons. The van der Waals surface area contributed by atoms with Crippen LogP contribution in [-0.4, -0.2) is 37.2 Å². The van der Waals surface area contributed by atoms with Crippen molar-refractivity contribution >= 4 is 17.9 Å². The lowest BCUT2D eigenvalue weighted by Crippen LogP contribution is -2.30. The Kier molecular flexibility index (Phi) is 66.3. The SMILES string of the molecule is CC/C=C\C/C=C\C/C=C\C/C=C\C/C=C\CCCCCCCCCCCCCC(=O)OCC(COC(=O)CCCCCCCC/C=C\C/C=C\C/C=C\CCCCC)OC(=O)CCCCCCCC/C=C\C/C=C\C/C=C\CCCCC. The molecule has 0 aromatic rings. The third-order valence-electron chi connectivity index (χ3n) is 14.6. The Labute approximate surface area is 513 Å². The fourth-order valence-corrected chi connectivity index (χ4v) is 9.43. The van der Waals surface area contributed by atoms with Gasteiger partial charge in [-0.05, 0) is 141 Å². The van der Waals surface area contributed by atoms with E-state index in [0.29, 0.717) is 19.3 Å². The molecule has 0 aromatic carbocycles. The van der Waals surface area contributed by atoms with E-state index in [9.17, 15) is 14.4 Å². The summed E-state index contributed by atoms with van der Waals surface area (Å²) in [6.07, 6.45) is 98.8. The maximum atomic E-state index is 13.0. The van der Waals surface area contributed by atoms with Crippen molar-refractivity contribution in [2.45, 2.75) is 322 Å². The van der Waals surface area contributed by atoms with Crippen LogP contribution in [0.5, 0.6) is 0 Å². The molecule has 6 nitrogen and oxygen atoms in total. The van der Waals surface area contributed by atoms with Crippen molar-refractivity contribution in [1.82, 2.24) is 0 Å². The van der Waals surface area contributed by atoms with Gasteiger partial charge in [-0.2, -0.15) is 0 Å². The second-order valence-electron chi connectivity index (χ2n) is 22.7. The summed E-state index contributed by atoms with van der Waals surface area (Å²) in [5, 5.41) is 0. The van der Waals surface area contributed by atoms with E-state index >= 15 is 0 Å². The van der Waals surface area contributed by atoms with E-state index in [1.807, 2.05) is 0 Å². The molecule has 0 N–H and O–H groups in total. The molecule has 0 heterocycles. The number of allylic oxidation sites excluding steroid dienone is 22. The highest BCUT2D eigenvalue weighted by Gasteiger charge is 2.19. The molecule has 0 aliphatic carbocycles. The molecule has 472 valence electrons. The lowest BCUT2D eigenvalue weighted by molar-refractivity contribution is -0.167. The molecule has 0 spiro atoms.